The van der Waals surface area contributed by atoms with Crippen molar-refractivity contribution < 1.29 is 4.74 Å². The third kappa shape index (κ3) is 5.37. The van der Waals surface area contributed by atoms with Crippen LogP contribution in [0, 0.1) is 11.3 Å². The van der Waals surface area contributed by atoms with Gasteiger partial charge in [0.25, 0.3) is 0 Å². The van der Waals surface area contributed by atoms with Gasteiger partial charge in [-0.15, -0.1) is 0 Å². The number of nitrogens with zero attached hydrogens (tertiary/aromatic N) is 1. The van der Waals surface area contributed by atoms with Crippen LogP contribution >= 0.6 is 0 Å². The first-order valence-corrected chi connectivity index (χ1v) is 11.5. The molecule has 4 nitrogen and oxygen atoms in total. The van der Waals surface area contributed by atoms with E-state index in [4.69, 9.17) is 10.00 Å². The topological polar surface area (TPSA) is 57.1 Å². The standard InChI is InChI=1S/C28H31N3O/c1-20(2)32-27-15-14-24(22-12-10-21(18-29)11-13-22)17-25(27)19-31-26-9-6-16-30-28(26)23-7-4-3-5-8-23/h3-5,7-8,10-15,17,20,26,28,30-31H,6,9,16,19H2,1-2H3. The van der Waals surface area contributed by atoms with Gasteiger partial charge in [0, 0.05) is 24.2 Å². The first-order chi connectivity index (χ1) is 15.6. The van der Waals surface area contributed by atoms with Gasteiger partial charge in [-0.2, -0.15) is 5.26 Å². The smallest absolute Gasteiger partial charge is 0.124 e. The Kier molecular flexibility index (Phi) is 7.21. The Hall–Kier alpha value is -3.13. The molecule has 4 heteroatoms. The third-order valence-corrected chi connectivity index (χ3v) is 5.94. The number of ether oxygens (including phenoxy) is 1. The lowest BCUT2D eigenvalue weighted by molar-refractivity contribution is 0.238. The predicted octanol–water partition coefficient (Wildman–Crippen LogP) is 5.60. The molecule has 2 unspecified atom stereocenters. The number of piperidine rings is 1. The number of nitrogens with one attached hydrogen (secondary N) is 2. The molecule has 1 aliphatic heterocycles. The summed E-state index contributed by atoms with van der Waals surface area (Å²) in [5, 5.41) is 16.6. The largest absolute Gasteiger partial charge is 0.491 e. The van der Waals surface area contributed by atoms with Gasteiger partial charge in [0.05, 0.1) is 17.7 Å². The van der Waals surface area contributed by atoms with E-state index in [0.29, 0.717) is 17.6 Å². The Morgan fingerprint density at radius 2 is 1.78 bits per heavy atom. The van der Waals surface area contributed by atoms with Crippen LogP contribution in [-0.2, 0) is 6.54 Å². The molecular weight excluding hydrogens is 394 g/mol. The summed E-state index contributed by atoms with van der Waals surface area (Å²) in [7, 11) is 0. The van der Waals surface area contributed by atoms with E-state index in [1.165, 1.54) is 12.0 Å². The number of hydrogen-bond acceptors (Lipinski definition) is 4. The minimum Gasteiger partial charge on any atom is -0.491 e. The fourth-order valence-electron chi connectivity index (χ4n) is 4.36. The van der Waals surface area contributed by atoms with Crippen LogP contribution in [0.25, 0.3) is 11.1 Å². The van der Waals surface area contributed by atoms with Gasteiger partial charge in [0.2, 0.25) is 0 Å². The minimum absolute atomic E-state index is 0.114. The molecule has 0 aliphatic carbocycles. The van der Waals surface area contributed by atoms with Crippen LogP contribution in [0.5, 0.6) is 5.75 Å². The second-order valence-electron chi connectivity index (χ2n) is 8.65. The van der Waals surface area contributed by atoms with Crippen molar-refractivity contribution in [2.75, 3.05) is 6.54 Å². The fraction of sp³-hybridized carbons (Fsp3) is 0.321. The molecule has 1 aliphatic rings. The van der Waals surface area contributed by atoms with Gasteiger partial charge in [0.15, 0.2) is 0 Å². The van der Waals surface area contributed by atoms with E-state index in [1.807, 2.05) is 24.3 Å². The van der Waals surface area contributed by atoms with E-state index in [9.17, 15) is 0 Å². The Balaban J connectivity index is 1.56. The maximum atomic E-state index is 9.08. The molecule has 0 amide bonds. The first-order valence-electron chi connectivity index (χ1n) is 11.5. The van der Waals surface area contributed by atoms with Crippen LogP contribution < -0.4 is 15.4 Å². The van der Waals surface area contributed by atoms with Crippen LogP contribution in [-0.4, -0.2) is 18.7 Å². The quantitative estimate of drug-likeness (QED) is 0.518. The van der Waals surface area contributed by atoms with Crippen molar-refractivity contribution in [2.24, 2.45) is 0 Å². The van der Waals surface area contributed by atoms with Crippen molar-refractivity contribution in [3.63, 3.8) is 0 Å². The molecular formula is C28H31N3O. The summed E-state index contributed by atoms with van der Waals surface area (Å²) >= 11 is 0. The van der Waals surface area contributed by atoms with E-state index in [-0.39, 0.29) is 6.10 Å². The van der Waals surface area contributed by atoms with Gasteiger partial charge >= 0.3 is 0 Å². The zero-order valence-electron chi connectivity index (χ0n) is 18.8. The summed E-state index contributed by atoms with van der Waals surface area (Å²) in [5.41, 5.74) is 5.38. The van der Waals surface area contributed by atoms with E-state index in [0.717, 1.165) is 42.0 Å². The Labute approximate surface area is 191 Å². The van der Waals surface area contributed by atoms with Crippen molar-refractivity contribution in [1.29, 1.82) is 5.26 Å². The molecule has 3 aromatic carbocycles. The van der Waals surface area contributed by atoms with Gasteiger partial charge < -0.3 is 15.4 Å². The van der Waals surface area contributed by atoms with Crippen LogP contribution in [0.4, 0.5) is 0 Å². The number of rotatable bonds is 7. The molecule has 1 heterocycles. The van der Waals surface area contributed by atoms with Gasteiger partial charge in [-0.1, -0.05) is 48.5 Å². The summed E-state index contributed by atoms with van der Waals surface area (Å²) in [6.07, 6.45) is 2.42. The van der Waals surface area contributed by atoms with Crippen molar-refractivity contribution in [3.05, 3.63) is 89.5 Å². The highest BCUT2D eigenvalue weighted by Crippen LogP contribution is 2.29. The van der Waals surface area contributed by atoms with Crippen LogP contribution in [0.2, 0.25) is 0 Å². The Morgan fingerprint density at radius 1 is 1.03 bits per heavy atom. The van der Waals surface area contributed by atoms with E-state index < -0.39 is 0 Å². The van der Waals surface area contributed by atoms with Gasteiger partial charge in [0.1, 0.15) is 5.75 Å². The van der Waals surface area contributed by atoms with Crippen molar-refractivity contribution in [3.8, 4) is 22.9 Å². The van der Waals surface area contributed by atoms with Crippen molar-refractivity contribution in [1.82, 2.24) is 10.6 Å². The average Bonchev–Trinajstić information content (AvgIpc) is 2.84. The third-order valence-electron chi connectivity index (χ3n) is 5.94. The highest BCUT2D eigenvalue weighted by atomic mass is 16.5. The first kappa shape index (κ1) is 22.1. The molecule has 2 atom stereocenters. The molecule has 0 aromatic heterocycles. The molecule has 0 bridgehead atoms. The summed E-state index contributed by atoms with van der Waals surface area (Å²) in [6.45, 7) is 5.90. The molecule has 1 saturated heterocycles. The number of hydrogen-bond donors (Lipinski definition) is 2. The maximum Gasteiger partial charge on any atom is 0.124 e. The summed E-state index contributed by atoms with van der Waals surface area (Å²) < 4.78 is 6.13. The normalized spacial score (nSPS) is 18.3. The second kappa shape index (κ2) is 10.5. The predicted molar refractivity (Wildman–Crippen MR) is 129 cm³/mol. The molecule has 0 spiro atoms. The zero-order chi connectivity index (χ0) is 22.3. The van der Waals surface area contributed by atoms with Crippen molar-refractivity contribution >= 4 is 0 Å². The maximum absolute atomic E-state index is 9.08. The minimum atomic E-state index is 0.114. The van der Waals surface area contributed by atoms with Gasteiger partial charge in [-0.05, 0) is 74.2 Å². The summed E-state index contributed by atoms with van der Waals surface area (Å²) in [4.78, 5) is 0. The lowest BCUT2D eigenvalue weighted by Crippen LogP contribution is -2.45. The SMILES string of the molecule is CC(C)Oc1ccc(-c2ccc(C#N)cc2)cc1CNC1CCCNC1c1ccccc1. The molecule has 3 aromatic rings. The summed E-state index contributed by atoms with van der Waals surface area (Å²) in [5.74, 6) is 0.921. The number of nitriles is 1. The Morgan fingerprint density at radius 3 is 2.50 bits per heavy atom. The average molecular weight is 426 g/mol. The monoisotopic (exact) mass is 425 g/mol. The van der Waals surface area contributed by atoms with Crippen LogP contribution in [0.15, 0.2) is 72.8 Å². The highest BCUT2D eigenvalue weighted by molar-refractivity contribution is 5.66. The van der Waals surface area contributed by atoms with Gasteiger partial charge in [-0.25, -0.2) is 0 Å². The molecule has 0 saturated carbocycles. The van der Waals surface area contributed by atoms with E-state index in [2.05, 4.69) is 79.1 Å². The van der Waals surface area contributed by atoms with E-state index in [1.54, 1.807) is 0 Å². The highest BCUT2D eigenvalue weighted by Gasteiger charge is 2.25. The Bertz CT molecular complexity index is 1050. The number of benzene rings is 3. The molecule has 32 heavy (non-hydrogen) atoms. The van der Waals surface area contributed by atoms with Crippen LogP contribution in [0.1, 0.15) is 49.4 Å². The second-order valence-corrected chi connectivity index (χ2v) is 8.65. The van der Waals surface area contributed by atoms with Gasteiger partial charge in [-0.3, -0.25) is 0 Å². The lowest BCUT2D eigenvalue weighted by atomic mass is 9.92. The summed E-state index contributed by atoms with van der Waals surface area (Å²) in [6, 6.07) is 27.7. The fourth-order valence-corrected chi connectivity index (χ4v) is 4.36. The molecule has 0 radical (unpaired) electrons. The molecule has 164 valence electrons. The van der Waals surface area contributed by atoms with Crippen molar-refractivity contribution in [2.45, 2.75) is 51.4 Å². The van der Waals surface area contributed by atoms with Crippen LogP contribution in [0.3, 0.4) is 0 Å². The molecule has 1 fully saturated rings. The van der Waals surface area contributed by atoms with E-state index >= 15 is 0 Å². The molecule has 4 rings (SSSR count). The molecule has 2 N–H and O–H groups in total. The lowest BCUT2D eigenvalue weighted by Gasteiger charge is -2.34. The zero-order valence-corrected chi connectivity index (χ0v) is 18.8.